The number of amides is 1. The smallest absolute Gasteiger partial charge is 0.263 e. The maximum Gasteiger partial charge on any atom is 0.263 e. The van der Waals surface area contributed by atoms with Gasteiger partial charge < -0.3 is 9.64 Å². The van der Waals surface area contributed by atoms with Crippen molar-refractivity contribution in [1.29, 1.82) is 0 Å². The Labute approximate surface area is 118 Å². The molecular weight excluding hydrogens is 278 g/mol. The number of benzene rings is 1. The Morgan fingerprint density at radius 3 is 2.60 bits per heavy atom. The second-order valence-electron chi connectivity index (χ2n) is 5.40. The van der Waals surface area contributed by atoms with Gasteiger partial charge in [0.25, 0.3) is 5.91 Å². The Kier molecular flexibility index (Phi) is 3.20. The van der Waals surface area contributed by atoms with E-state index in [9.17, 15) is 13.2 Å². The van der Waals surface area contributed by atoms with Crippen LogP contribution in [0.1, 0.15) is 13.3 Å². The van der Waals surface area contributed by atoms with Crippen LogP contribution in [0.3, 0.4) is 0 Å². The number of para-hydroxylation sites is 1. The number of likely N-dealkylation sites (tertiary alicyclic amines) is 1. The first kappa shape index (κ1) is 13.4. The van der Waals surface area contributed by atoms with Crippen LogP contribution in [-0.2, 0) is 14.6 Å². The van der Waals surface area contributed by atoms with Gasteiger partial charge >= 0.3 is 0 Å². The van der Waals surface area contributed by atoms with Gasteiger partial charge in [0.05, 0.1) is 11.0 Å². The Morgan fingerprint density at radius 2 is 2.05 bits per heavy atom. The normalized spacial score (nSPS) is 28.4. The first-order valence-corrected chi connectivity index (χ1v) is 8.42. The van der Waals surface area contributed by atoms with Gasteiger partial charge in [-0.05, 0) is 25.5 Å². The zero-order chi connectivity index (χ0) is 14.3. The molecule has 2 fully saturated rings. The third-order valence-electron chi connectivity index (χ3n) is 4.00. The molecule has 0 spiro atoms. The molecule has 1 aromatic rings. The van der Waals surface area contributed by atoms with Crippen molar-refractivity contribution in [2.45, 2.75) is 30.7 Å². The number of ether oxygens (including phenoxy) is 1. The fourth-order valence-corrected chi connectivity index (χ4v) is 4.98. The predicted octanol–water partition coefficient (Wildman–Crippen LogP) is 0.852. The van der Waals surface area contributed by atoms with E-state index in [0.29, 0.717) is 18.7 Å². The van der Waals surface area contributed by atoms with Crippen LogP contribution in [0, 0.1) is 0 Å². The summed E-state index contributed by atoms with van der Waals surface area (Å²) in [6.45, 7) is 2.02. The second-order valence-corrected chi connectivity index (χ2v) is 7.73. The number of hydrogen-bond acceptors (Lipinski definition) is 4. The van der Waals surface area contributed by atoms with Crippen molar-refractivity contribution in [1.82, 2.24) is 4.90 Å². The Balaban J connectivity index is 1.66. The number of hydrogen-bond donors (Lipinski definition) is 0. The molecule has 0 unspecified atom stereocenters. The molecule has 20 heavy (non-hydrogen) atoms. The summed E-state index contributed by atoms with van der Waals surface area (Å²) in [5, 5.41) is -0.375. The molecule has 6 heteroatoms. The molecular formula is C14H17NO4S. The lowest BCUT2D eigenvalue weighted by atomic mass is 10.2. The second kappa shape index (κ2) is 4.77. The van der Waals surface area contributed by atoms with Crippen LogP contribution in [0.25, 0.3) is 0 Å². The molecule has 3 rings (SSSR count). The largest absolute Gasteiger partial charge is 0.481 e. The van der Waals surface area contributed by atoms with Crippen molar-refractivity contribution in [3.05, 3.63) is 30.3 Å². The lowest BCUT2D eigenvalue weighted by Crippen LogP contribution is -2.48. The Bertz CT molecular complexity index is 613. The number of nitrogens with zero attached hydrogens (tertiary/aromatic N) is 1. The van der Waals surface area contributed by atoms with Crippen molar-refractivity contribution < 1.29 is 17.9 Å². The minimum Gasteiger partial charge on any atom is -0.481 e. The maximum atomic E-state index is 12.4. The summed E-state index contributed by atoms with van der Waals surface area (Å²) < 4.78 is 29.0. The van der Waals surface area contributed by atoms with Gasteiger partial charge in [-0.3, -0.25) is 4.79 Å². The number of fused-ring (bicyclic) bond motifs is 2. The molecule has 0 aromatic heterocycles. The topological polar surface area (TPSA) is 63.7 Å². The molecule has 2 bridgehead atoms. The predicted molar refractivity (Wildman–Crippen MR) is 74.2 cm³/mol. The first-order chi connectivity index (χ1) is 9.47. The Hall–Kier alpha value is -1.56. The van der Waals surface area contributed by atoms with Crippen LogP contribution in [0.15, 0.2) is 30.3 Å². The molecule has 5 nitrogen and oxygen atoms in total. The fraction of sp³-hybridized carbons (Fsp3) is 0.500. The molecule has 108 valence electrons. The van der Waals surface area contributed by atoms with E-state index in [1.54, 1.807) is 24.0 Å². The van der Waals surface area contributed by atoms with Crippen LogP contribution >= 0.6 is 0 Å². The molecule has 2 aliphatic rings. The maximum absolute atomic E-state index is 12.4. The van der Waals surface area contributed by atoms with Crippen molar-refractivity contribution in [3.63, 3.8) is 0 Å². The van der Waals surface area contributed by atoms with Crippen molar-refractivity contribution in [2.75, 3.05) is 12.3 Å². The quantitative estimate of drug-likeness (QED) is 0.829. The average Bonchev–Trinajstić information content (AvgIpc) is 2.94. The summed E-state index contributed by atoms with van der Waals surface area (Å²) >= 11 is 0. The van der Waals surface area contributed by atoms with Crippen molar-refractivity contribution in [3.8, 4) is 5.75 Å². The van der Waals surface area contributed by atoms with Gasteiger partial charge in [0.2, 0.25) is 0 Å². The highest BCUT2D eigenvalue weighted by molar-refractivity contribution is 7.92. The minimum atomic E-state index is -2.97. The van der Waals surface area contributed by atoms with E-state index in [0.717, 1.165) is 0 Å². The number of carbonyl (C=O) groups is 1. The standard InChI is InChI=1S/C14H17NO4S/c1-10(19-12-5-3-2-4-6-12)14(16)15-8-13-7-11(15)9-20(13,17)18/h2-6,10-11,13H,7-9H2,1H3/t10-,11+,13-/m1/s1. The zero-order valence-electron chi connectivity index (χ0n) is 11.2. The summed E-state index contributed by atoms with van der Waals surface area (Å²) in [4.78, 5) is 14.0. The monoisotopic (exact) mass is 295 g/mol. The molecule has 0 radical (unpaired) electrons. The third-order valence-corrected chi connectivity index (χ3v) is 6.20. The van der Waals surface area contributed by atoms with Gasteiger partial charge in [0.15, 0.2) is 15.9 Å². The highest BCUT2D eigenvalue weighted by Crippen LogP contribution is 2.33. The van der Waals surface area contributed by atoms with Crippen molar-refractivity contribution in [2.24, 2.45) is 0 Å². The van der Waals surface area contributed by atoms with E-state index in [1.807, 2.05) is 18.2 Å². The van der Waals surface area contributed by atoms with Crippen LogP contribution in [0.4, 0.5) is 0 Å². The van der Waals surface area contributed by atoms with E-state index in [2.05, 4.69) is 0 Å². The van der Waals surface area contributed by atoms with Crippen LogP contribution < -0.4 is 4.74 Å². The van der Waals surface area contributed by atoms with E-state index in [4.69, 9.17) is 4.74 Å². The lowest BCUT2D eigenvalue weighted by Gasteiger charge is -2.29. The number of rotatable bonds is 3. The molecule has 0 aliphatic carbocycles. The third kappa shape index (κ3) is 2.28. The molecule has 2 saturated heterocycles. The molecule has 1 aromatic carbocycles. The molecule has 1 amide bonds. The molecule has 3 atom stereocenters. The highest BCUT2D eigenvalue weighted by Gasteiger charge is 2.50. The van der Waals surface area contributed by atoms with Crippen LogP contribution in [0.2, 0.25) is 0 Å². The van der Waals surface area contributed by atoms with Crippen molar-refractivity contribution >= 4 is 15.7 Å². The summed E-state index contributed by atoms with van der Waals surface area (Å²) in [6, 6.07) is 8.99. The van der Waals surface area contributed by atoms with Crippen LogP contribution in [0.5, 0.6) is 5.75 Å². The van der Waals surface area contributed by atoms with Gasteiger partial charge in [-0.1, -0.05) is 18.2 Å². The number of sulfone groups is 1. The SMILES string of the molecule is C[C@@H](Oc1ccccc1)C(=O)N1C[C@H]2C[C@H]1CS2(=O)=O. The van der Waals surface area contributed by atoms with E-state index < -0.39 is 15.9 Å². The fourth-order valence-electron chi connectivity index (χ4n) is 2.95. The summed E-state index contributed by atoms with van der Waals surface area (Å²) in [5.41, 5.74) is 0. The minimum absolute atomic E-state index is 0.0987. The van der Waals surface area contributed by atoms with E-state index >= 15 is 0 Å². The molecule has 2 aliphatic heterocycles. The van der Waals surface area contributed by atoms with E-state index in [-0.39, 0.29) is 23.0 Å². The van der Waals surface area contributed by atoms with Gasteiger partial charge in [-0.25, -0.2) is 8.42 Å². The van der Waals surface area contributed by atoms with Gasteiger partial charge in [-0.2, -0.15) is 0 Å². The zero-order valence-corrected chi connectivity index (χ0v) is 12.0. The van der Waals surface area contributed by atoms with Gasteiger partial charge in [-0.15, -0.1) is 0 Å². The first-order valence-electron chi connectivity index (χ1n) is 6.71. The van der Waals surface area contributed by atoms with Crippen LogP contribution in [-0.4, -0.2) is 48.9 Å². The Morgan fingerprint density at radius 1 is 1.35 bits per heavy atom. The number of carbonyl (C=O) groups excluding carboxylic acids is 1. The lowest BCUT2D eigenvalue weighted by molar-refractivity contribution is -0.138. The summed E-state index contributed by atoms with van der Waals surface area (Å²) in [5.74, 6) is 0.614. The van der Waals surface area contributed by atoms with Gasteiger partial charge in [0.1, 0.15) is 5.75 Å². The molecule has 0 saturated carbocycles. The molecule has 0 N–H and O–H groups in total. The highest BCUT2D eigenvalue weighted by atomic mass is 32.2. The average molecular weight is 295 g/mol. The summed E-state index contributed by atoms with van der Waals surface area (Å²) in [7, 11) is -2.97. The van der Waals surface area contributed by atoms with Gasteiger partial charge in [0, 0.05) is 12.6 Å². The summed E-state index contributed by atoms with van der Waals surface area (Å²) in [6.07, 6.45) is -0.0222. The molecule has 2 heterocycles. The van der Waals surface area contributed by atoms with E-state index in [1.165, 1.54) is 0 Å².